The molecule has 0 radical (unpaired) electrons. The van der Waals surface area contributed by atoms with E-state index >= 15 is 0 Å². The third-order valence-corrected chi connectivity index (χ3v) is 3.77. The Morgan fingerprint density at radius 2 is 1.87 bits per heavy atom. The third kappa shape index (κ3) is 3.16. The van der Waals surface area contributed by atoms with Gasteiger partial charge in [-0.05, 0) is 51.7 Å². The zero-order valence-electron chi connectivity index (χ0n) is 9.91. The summed E-state index contributed by atoms with van der Waals surface area (Å²) in [5, 5.41) is 3.74. The van der Waals surface area contributed by atoms with Gasteiger partial charge < -0.3 is 16.0 Å². The van der Waals surface area contributed by atoms with Crippen LogP contribution >= 0.6 is 0 Å². The van der Waals surface area contributed by atoms with E-state index in [0.29, 0.717) is 6.04 Å². The molecule has 1 saturated carbocycles. The first-order chi connectivity index (χ1) is 7.28. The summed E-state index contributed by atoms with van der Waals surface area (Å²) in [6.07, 6.45) is 6.32. The first-order valence-corrected chi connectivity index (χ1v) is 6.52. The van der Waals surface area contributed by atoms with Crippen molar-refractivity contribution in [3.63, 3.8) is 0 Å². The molecule has 0 amide bonds. The molecule has 3 heteroatoms. The maximum Gasteiger partial charge on any atom is 0.00991 e. The van der Waals surface area contributed by atoms with E-state index in [1.165, 1.54) is 51.7 Å². The highest BCUT2D eigenvalue weighted by Crippen LogP contribution is 2.20. The van der Waals surface area contributed by atoms with Crippen LogP contribution in [0.15, 0.2) is 0 Å². The molecule has 3 nitrogen and oxygen atoms in total. The van der Waals surface area contributed by atoms with Crippen molar-refractivity contribution in [1.29, 1.82) is 0 Å². The molecule has 15 heavy (non-hydrogen) atoms. The molecule has 1 saturated heterocycles. The van der Waals surface area contributed by atoms with E-state index in [1.54, 1.807) is 0 Å². The minimum absolute atomic E-state index is 0.475. The molecule has 0 atom stereocenters. The Hall–Kier alpha value is -0.120. The van der Waals surface area contributed by atoms with E-state index in [2.05, 4.69) is 17.1 Å². The normalized spacial score (nSPS) is 34.0. The lowest BCUT2D eigenvalue weighted by Gasteiger charge is -2.39. The van der Waals surface area contributed by atoms with Gasteiger partial charge in [-0.25, -0.2) is 0 Å². The van der Waals surface area contributed by atoms with Gasteiger partial charge in [0.15, 0.2) is 0 Å². The molecule has 3 N–H and O–H groups in total. The van der Waals surface area contributed by atoms with Crippen LogP contribution in [0.3, 0.4) is 0 Å². The Kier molecular flexibility index (Phi) is 4.00. The molecule has 1 heterocycles. The number of nitrogens with one attached hydrogen (secondary N) is 1. The van der Waals surface area contributed by atoms with E-state index in [-0.39, 0.29) is 0 Å². The van der Waals surface area contributed by atoms with Gasteiger partial charge in [0.25, 0.3) is 0 Å². The minimum atomic E-state index is 0.475. The van der Waals surface area contributed by atoms with Crippen LogP contribution in [-0.4, -0.2) is 42.7 Å². The van der Waals surface area contributed by atoms with E-state index in [4.69, 9.17) is 5.73 Å². The summed E-state index contributed by atoms with van der Waals surface area (Å²) < 4.78 is 0. The quantitative estimate of drug-likeness (QED) is 0.727. The van der Waals surface area contributed by atoms with Gasteiger partial charge >= 0.3 is 0 Å². The zero-order valence-corrected chi connectivity index (χ0v) is 9.91. The summed E-state index contributed by atoms with van der Waals surface area (Å²) in [7, 11) is 0. The zero-order chi connectivity index (χ0) is 10.7. The fourth-order valence-corrected chi connectivity index (χ4v) is 2.77. The Bertz CT molecular complexity index is 181. The van der Waals surface area contributed by atoms with Gasteiger partial charge in [-0.2, -0.15) is 0 Å². The van der Waals surface area contributed by atoms with Crippen molar-refractivity contribution >= 4 is 0 Å². The standard InChI is InChI=1S/C12H25N3/c1-2-5-15-6-3-11(4-7-15)14-12-8-10(13)9-12/h10-12,14H,2-9,13H2,1H3. The summed E-state index contributed by atoms with van der Waals surface area (Å²) in [6, 6.07) is 1.96. The molecule has 0 unspecified atom stereocenters. The topological polar surface area (TPSA) is 41.3 Å². The molecule has 88 valence electrons. The van der Waals surface area contributed by atoms with Gasteiger partial charge in [-0.3, -0.25) is 0 Å². The number of likely N-dealkylation sites (tertiary alicyclic amines) is 1. The second-order valence-corrected chi connectivity index (χ2v) is 5.21. The summed E-state index contributed by atoms with van der Waals surface area (Å²) >= 11 is 0. The van der Waals surface area contributed by atoms with Crippen LogP contribution in [-0.2, 0) is 0 Å². The molecular formula is C12H25N3. The van der Waals surface area contributed by atoms with Crippen LogP contribution in [0.1, 0.15) is 39.0 Å². The van der Waals surface area contributed by atoms with Crippen LogP contribution in [0, 0.1) is 0 Å². The van der Waals surface area contributed by atoms with E-state index < -0.39 is 0 Å². The number of rotatable bonds is 4. The molecule has 0 aromatic carbocycles. The number of hydrogen-bond acceptors (Lipinski definition) is 3. The first-order valence-electron chi connectivity index (χ1n) is 6.52. The van der Waals surface area contributed by atoms with Gasteiger partial charge in [0.05, 0.1) is 0 Å². The Balaban J connectivity index is 1.61. The highest BCUT2D eigenvalue weighted by Gasteiger charge is 2.28. The highest BCUT2D eigenvalue weighted by atomic mass is 15.1. The van der Waals surface area contributed by atoms with Crippen molar-refractivity contribution in [3.05, 3.63) is 0 Å². The molecule has 1 aliphatic carbocycles. The van der Waals surface area contributed by atoms with Crippen LogP contribution in [0.4, 0.5) is 0 Å². The van der Waals surface area contributed by atoms with Crippen LogP contribution in [0.25, 0.3) is 0 Å². The van der Waals surface area contributed by atoms with E-state index in [0.717, 1.165) is 12.1 Å². The number of nitrogens with two attached hydrogens (primary N) is 1. The summed E-state index contributed by atoms with van der Waals surface area (Å²) in [5.41, 5.74) is 5.79. The Morgan fingerprint density at radius 1 is 1.20 bits per heavy atom. The van der Waals surface area contributed by atoms with Crippen molar-refractivity contribution in [1.82, 2.24) is 10.2 Å². The molecule has 2 aliphatic rings. The monoisotopic (exact) mass is 211 g/mol. The molecular weight excluding hydrogens is 186 g/mol. The molecule has 0 aromatic heterocycles. The SMILES string of the molecule is CCCN1CCC(NC2CC(N)C2)CC1. The maximum atomic E-state index is 5.79. The van der Waals surface area contributed by atoms with Crippen molar-refractivity contribution in [2.45, 2.75) is 57.2 Å². The average Bonchev–Trinajstić information content (AvgIpc) is 2.19. The van der Waals surface area contributed by atoms with Crippen LogP contribution in [0.5, 0.6) is 0 Å². The van der Waals surface area contributed by atoms with Gasteiger partial charge in [0, 0.05) is 18.1 Å². The van der Waals surface area contributed by atoms with Crippen molar-refractivity contribution < 1.29 is 0 Å². The van der Waals surface area contributed by atoms with Crippen LogP contribution < -0.4 is 11.1 Å². The second kappa shape index (κ2) is 5.28. The van der Waals surface area contributed by atoms with Crippen molar-refractivity contribution in [2.24, 2.45) is 5.73 Å². The number of piperidine rings is 1. The number of nitrogens with zero attached hydrogens (tertiary/aromatic N) is 1. The largest absolute Gasteiger partial charge is 0.328 e. The summed E-state index contributed by atoms with van der Waals surface area (Å²) in [4.78, 5) is 2.59. The van der Waals surface area contributed by atoms with Gasteiger partial charge in [0.1, 0.15) is 0 Å². The fourth-order valence-electron chi connectivity index (χ4n) is 2.77. The summed E-state index contributed by atoms with van der Waals surface area (Å²) in [6.45, 7) is 6.11. The smallest absolute Gasteiger partial charge is 0.00991 e. The Labute approximate surface area is 93.4 Å². The predicted molar refractivity (Wildman–Crippen MR) is 63.9 cm³/mol. The molecule has 2 rings (SSSR count). The van der Waals surface area contributed by atoms with Gasteiger partial charge in [-0.1, -0.05) is 6.92 Å². The highest BCUT2D eigenvalue weighted by molar-refractivity contribution is 4.91. The molecule has 0 aromatic rings. The van der Waals surface area contributed by atoms with Crippen molar-refractivity contribution in [3.8, 4) is 0 Å². The molecule has 1 aliphatic heterocycles. The predicted octanol–water partition coefficient (Wildman–Crippen LogP) is 0.940. The maximum absolute atomic E-state index is 5.79. The first kappa shape index (κ1) is 11.4. The minimum Gasteiger partial charge on any atom is -0.328 e. The van der Waals surface area contributed by atoms with Crippen molar-refractivity contribution in [2.75, 3.05) is 19.6 Å². The second-order valence-electron chi connectivity index (χ2n) is 5.21. The fraction of sp³-hybridized carbons (Fsp3) is 1.00. The lowest BCUT2D eigenvalue weighted by Crippen LogP contribution is -2.54. The molecule has 0 spiro atoms. The summed E-state index contributed by atoms with van der Waals surface area (Å²) in [5.74, 6) is 0. The lowest BCUT2D eigenvalue weighted by atomic mass is 9.86. The number of hydrogen-bond donors (Lipinski definition) is 2. The van der Waals surface area contributed by atoms with E-state index in [1.807, 2.05) is 0 Å². The van der Waals surface area contributed by atoms with Gasteiger partial charge in [-0.15, -0.1) is 0 Å². The van der Waals surface area contributed by atoms with Crippen LogP contribution in [0.2, 0.25) is 0 Å². The molecule has 2 fully saturated rings. The van der Waals surface area contributed by atoms with Gasteiger partial charge in [0.2, 0.25) is 0 Å². The Morgan fingerprint density at radius 3 is 2.40 bits per heavy atom. The lowest BCUT2D eigenvalue weighted by molar-refractivity contribution is 0.171. The molecule has 0 bridgehead atoms. The average molecular weight is 211 g/mol. The third-order valence-electron chi connectivity index (χ3n) is 3.77. The van der Waals surface area contributed by atoms with E-state index in [9.17, 15) is 0 Å².